The molecule has 0 aliphatic rings. The highest BCUT2D eigenvalue weighted by molar-refractivity contribution is 7.13. The van der Waals surface area contributed by atoms with Crippen molar-refractivity contribution in [2.24, 2.45) is 0 Å². The first-order valence-corrected chi connectivity index (χ1v) is 10.6. The van der Waals surface area contributed by atoms with Crippen molar-refractivity contribution >= 4 is 22.9 Å². The number of carbonyl (C=O) groups excluding carboxylic acids is 1. The lowest BCUT2D eigenvalue weighted by atomic mass is 10.2. The number of nitro benzene ring substituents is 1. The molecule has 2 aromatic heterocycles. The smallest absolute Gasteiger partial charge is 0.273 e. The van der Waals surface area contributed by atoms with Crippen LogP contribution >= 0.6 is 11.3 Å². The SMILES string of the molecule is C=CCN(Cc1cccc([N+](=O)[O-])c1)C(=O)c1csc(-c2cnn(-c3ccccc3)c2)n1. The molecule has 9 heteroatoms. The summed E-state index contributed by atoms with van der Waals surface area (Å²) in [6, 6.07) is 16.0. The average Bonchev–Trinajstić information content (AvgIpc) is 3.49. The molecule has 0 saturated carbocycles. The van der Waals surface area contributed by atoms with Gasteiger partial charge in [-0.2, -0.15) is 5.10 Å². The van der Waals surface area contributed by atoms with E-state index in [9.17, 15) is 14.9 Å². The summed E-state index contributed by atoms with van der Waals surface area (Å²) < 4.78 is 1.75. The van der Waals surface area contributed by atoms with E-state index in [1.165, 1.54) is 23.5 Å². The van der Waals surface area contributed by atoms with Gasteiger partial charge in [0, 0.05) is 42.4 Å². The van der Waals surface area contributed by atoms with Gasteiger partial charge in [0.1, 0.15) is 10.7 Å². The lowest BCUT2D eigenvalue weighted by Crippen LogP contribution is -2.31. The second-order valence-corrected chi connectivity index (χ2v) is 7.81. The molecule has 0 atom stereocenters. The minimum Gasteiger partial charge on any atom is -0.329 e. The zero-order valence-electron chi connectivity index (χ0n) is 17.0. The van der Waals surface area contributed by atoms with Crippen LogP contribution < -0.4 is 0 Å². The Balaban J connectivity index is 1.53. The molecule has 4 aromatic rings. The summed E-state index contributed by atoms with van der Waals surface area (Å²) in [6.07, 6.45) is 5.20. The maximum absolute atomic E-state index is 13.1. The third-order valence-electron chi connectivity index (χ3n) is 4.71. The average molecular weight is 446 g/mol. The van der Waals surface area contributed by atoms with E-state index in [-0.39, 0.29) is 18.1 Å². The summed E-state index contributed by atoms with van der Waals surface area (Å²) in [6.45, 7) is 4.22. The molecular formula is C23H19N5O3S. The fraction of sp³-hybridized carbons (Fsp3) is 0.0870. The van der Waals surface area contributed by atoms with Crippen LogP contribution in [0.2, 0.25) is 0 Å². The van der Waals surface area contributed by atoms with Crippen LogP contribution in [-0.4, -0.2) is 37.0 Å². The van der Waals surface area contributed by atoms with Crippen molar-refractivity contribution in [3.8, 4) is 16.3 Å². The Morgan fingerprint density at radius 1 is 1.22 bits per heavy atom. The van der Waals surface area contributed by atoms with E-state index >= 15 is 0 Å². The standard InChI is InChI=1S/C23H19N5O3S/c1-2-11-26(14-17-7-6-10-20(12-17)28(30)31)23(29)21-16-32-22(25-21)18-13-24-27(15-18)19-8-4-3-5-9-19/h2-10,12-13,15-16H,1,11,14H2. The predicted molar refractivity (Wildman–Crippen MR) is 123 cm³/mol. The van der Waals surface area contributed by atoms with Crippen LogP contribution in [0.1, 0.15) is 16.1 Å². The van der Waals surface area contributed by atoms with E-state index < -0.39 is 4.92 Å². The molecule has 32 heavy (non-hydrogen) atoms. The van der Waals surface area contributed by atoms with Crippen molar-refractivity contribution in [3.05, 3.63) is 106 Å². The molecule has 0 unspecified atom stereocenters. The van der Waals surface area contributed by atoms with Crippen LogP contribution in [0.5, 0.6) is 0 Å². The number of benzene rings is 2. The van der Waals surface area contributed by atoms with Gasteiger partial charge in [-0.05, 0) is 17.7 Å². The molecule has 2 heterocycles. The molecule has 0 saturated heterocycles. The number of nitrogens with zero attached hydrogens (tertiary/aromatic N) is 5. The molecular weight excluding hydrogens is 426 g/mol. The van der Waals surface area contributed by atoms with E-state index in [2.05, 4.69) is 16.7 Å². The predicted octanol–water partition coefficient (Wildman–Crippen LogP) is 4.73. The van der Waals surface area contributed by atoms with Crippen molar-refractivity contribution in [1.82, 2.24) is 19.7 Å². The Morgan fingerprint density at radius 3 is 2.78 bits per heavy atom. The van der Waals surface area contributed by atoms with Crippen molar-refractivity contribution in [1.29, 1.82) is 0 Å². The largest absolute Gasteiger partial charge is 0.329 e. The molecule has 0 fully saturated rings. The second-order valence-electron chi connectivity index (χ2n) is 6.95. The summed E-state index contributed by atoms with van der Waals surface area (Å²) in [5, 5.41) is 17.8. The Labute approximate surface area is 188 Å². The van der Waals surface area contributed by atoms with Crippen LogP contribution in [-0.2, 0) is 6.54 Å². The molecule has 0 spiro atoms. The zero-order valence-corrected chi connectivity index (χ0v) is 17.8. The molecule has 0 aliphatic heterocycles. The topological polar surface area (TPSA) is 94.2 Å². The molecule has 0 N–H and O–H groups in total. The van der Waals surface area contributed by atoms with E-state index in [0.717, 1.165) is 11.3 Å². The Morgan fingerprint density at radius 2 is 2.03 bits per heavy atom. The van der Waals surface area contributed by atoms with Crippen LogP contribution in [0.15, 0.2) is 85.0 Å². The summed E-state index contributed by atoms with van der Waals surface area (Å²) in [7, 11) is 0. The summed E-state index contributed by atoms with van der Waals surface area (Å²) in [4.78, 5) is 29.8. The number of carbonyl (C=O) groups is 1. The normalized spacial score (nSPS) is 10.6. The fourth-order valence-electron chi connectivity index (χ4n) is 3.19. The highest BCUT2D eigenvalue weighted by atomic mass is 32.1. The molecule has 160 valence electrons. The molecule has 1 amide bonds. The van der Waals surface area contributed by atoms with Crippen molar-refractivity contribution in [2.45, 2.75) is 6.54 Å². The number of aromatic nitrogens is 3. The first-order valence-electron chi connectivity index (χ1n) is 9.74. The van der Waals surface area contributed by atoms with Crippen molar-refractivity contribution in [2.75, 3.05) is 6.54 Å². The number of para-hydroxylation sites is 1. The van der Waals surface area contributed by atoms with Gasteiger partial charge >= 0.3 is 0 Å². The first-order chi connectivity index (χ1) is 15.5. The minimum absolute atomic E-state index is 0.0140. The lowest BCUT2D eigenvalue weighted by molar-refractivity contribution is -0.384. The van der Waals surface area contributed by atoms with Gasteiger partial charge in [-0.15, -0.1) is 17.9 Å². The van der Waals surface area contributed by atoms with Gasteiger partial charge in [0.25, 0.3) is 11.6 Å². The van der Waals surface area contributed by atoms with Gasteiger partial charge in [-0.25, -0.2) is 9.67 Å². The third-order valence-corrected chi connectivity index (χ3v) is 5.60. The zero-order chi connectivity index (χ0) is 22.5. The molecule has 4 rings (SSSR count). The van der Waals surface area contributed by atoms with Crippen LogP contribution in [0.3, 0.4) is 0 Å². The molecule has 8 nitrogen and oxygen atoms in total. The fourth-order valence-corrected chi connectivity index (χ4v) is 3.95. The summed E-state index contributed by atoms with van der Waals surface area (Å²) >= 11 is 1.36. The number of non-ortho nitro benzene ring substituents is 1. The number of rotatable bonds is 8. The second kappa shape index (κ2) is 9.36. The van der Waals surface area contributed by atoms with Crippen LogP contribution in [0.25, 0.3) is 16.3 Å². The van der Waals surface area contributed by atoms with E-state index in [0.29, 0.717) is 22.8 Å². The van der Waals surface area contributed by atoms with Gasteiger partial charge < -0.3 is 4.90 Å². The maximum Gasteiger partial charge on any atom is 0.273 e. The molecule has 2 aromatic carbocycles. The van der Waals surface area contributed by atoms with Gasteiger partial charge in [0.2, 0.25) is 0 Å². The van der Waals surface area contributed by atoms with Crippen LogP contribution in [0, 0.1) is 10.1 Å². The number of hydrogen-bond acceptors (Lipinski definition) is 6. The number of nitro groups is 1. The van der Waals surface area contributed by atoms with Gasteiger partial charge in [0.05, 0.1) is 16.8 Å². The highest BCUT2D eigenvalue weighted by Crippen LogP contribution is 2.25. The summed E-state index contributed by atoms with van der Waals surface area (Å²) in [5.74, 6) is -0.269. The first kappa shape index (κ1) is 21.1. The lowest BCUT2D eigenvalue weighted by Gasteiger charge is -2.20. The number of amides is 1. The quantitative estimate of drug-likeness (QED) is 0.222. The van der Waals surface area contributed by atoms with Crippen LogP contribution in [0.4, 0.5) is 5.69 Å². The van der Waals surface area contributed by atoms with Crippen molar-refractivity contribution < 1.29 is 9.72 Å². The summed E-state index contributed by atoms with van der Waals surface area (Å²) in [5.41, 5.74) is 2.70. The Hall–Kier alpha value is -4.11. The minimum atomic E-state index is -0.453. The molecule has 0 radical (unpaired) electrons. The van der Waals surface area contributed by atoms with Crippen molar-refractivity contribution in [3.63, 3.8) is 0 Å². The Bertz CT molecular complexity index is 1270. The van der Waals surface area contributed by atoms with Gasteiger partial charge in [-0.1, -0.05) is 36.4 Å². The Kier molecular flexibility index (Phi) is 6.18. The number of thiazole rings is 1. The van der Waals surface area contributed by atoms with E-state index in [1.54, 1.807) is 39.4 Å². The van der Waals surface area contributed by atoms with Gasteiger partial charge in [-0.3, -0.25) is 14.9 Å². The third kappa shape index (κ3) is 4.62. The molecule has 0 aliphatic carbocycles. The highest BCUT2D eigenvalue weighted by Gasteiger charge is 2.20. The monoisotopic (exact) mass is 445 g/mol. The van der Waals surface area contributed by atoms with Gasteiger partial charge in [0.15, 0.2) is 0 Å². The van der Waals surface area contributed by atoms with E-state index in [1.807, 2.05) is 36.5 Å². The molecule has 0 bridgehead atoms. The number of hydrogen-bond donors (Lipinski definition) is 0. The maximum atomic E-state index is 13.1. The van der Waals surface area contributed by atoms with E-state index in [4.69, 9.17) is 0 Å².